The Hall–Kier alpha value is -0.670. The monoisotopic (exact) mass is 268 g/mol. The predicted molar refractivity (Wildman–Crippen MR) is 64.6 cm³/mol. The van der Waals surface area contributed by atoms with Gasteiger partial charge in [-0.1, -0.05) is 28.1 Å². The van der Waals surface area contributed by atoms with E-state index in [1.54, 1.807) is 11.3 Å². The van der Waals surface area contributed by atoms with Gasteiger partial charge in [-0.3, -0.25) is 4.79 Å². The highest BCUT2D eigenvalue weighted by molar-refractivity contribution is 9.08. The van der Waals surface area contributed by atoms with E-state index in [-0.39, 0.29) is 0 Å². The summed E-state index contributed by atoms with van der Waals surface area (Å²) in [6.45, 7) is 2.00. The average molecular weight is 269 g/mol. The minimum absolute atomic E-state index is 0.792. The van der Waals surface area contributed by atoms with Crippen molar-refractivity contribution in [1.82, 2.24) is 0 Å². The first-order valence-corrected chi connectivity index (χ1v) is 6.23. The van der Waals surface area contributed by atoms with Crippen LogP contribution >= 0.6 is 27.3 Å². The molecular formula is C11H9BrOS. The topological polar surface area (TPSA) is 17.1 Å². The van der Waals surface area contributed by atoms with Gasteiger partial charge in [0.25, 0.3) is 0 Å². The fourth-order valence-electron chi connectivity index (χ4n) is 1.50. The molecule has 0 radical (unpaired) electrons. The van der Waals surface area contributed by atoms with Gasteiger partial charge in [-0.05, 0) is 23.9 Å². The molecule has 2 aromatic rings. The lowest BCUT2D eigenvalue weighted by molar-refractivity contribution is 0.112. The van der Waals surface area contributed by atoms with Crippen LogP contribution in [0.4, 0.5) is 0 Å². The first kappa shape index (κ1) is 9.87. The first-order chi connectivity index (χ1) is 6.76. The Kier molecular flexibility index (Phi) is 2.70. The van der Waals surface area contributed by atoms with Crippen LogP contribution in [0.2, 0.25) is 0 Å². The highest BCUT2D eigenvalue weighted by Crippen LogP contribution is 2.31. The molecule has 0 N–H and O–H groups in total. The normalized spacial score (nSPS) is 10.7. The van der Waals surface area contributed by atoms with Gasteiger partial charge in [-0.2, -0.15) is 0 Å². The number of fused-ring (bicyclic) bond motifs is 1. The third-order valence-electron chi connectivity index (χ3n) is 2.29. The van der Waals surface area contributed by atoms with Gasteiger partial charge in [-0.25, -0.2) is 0 Å². The molecule has 1 nitrogen and oxygen atoms in total. The van der Waals surface area contributed by atoms with Crippen molar-refractivity contribution < 1.29 is 4.79 Å². The maximum Gasteiger partial charge on any atom is 0.150 e. The summed E-state index contributed by atoms with van der Waals surface area (Å²) in [5, 5.41) is 2.11. The van der Waals surface area contributed by atoms with Crippen LogP contribution in [0.1, 0.15) is 20.8 Å². The fraction of sp³-hybridized carbons (Fsp3) is 0.182. The average Bonchev–Trinajstić information content (AvgIpc) is 2.62. The molecule has 3 heteroatoms. The molecule has 2 rings (SSSR count). The van der Waals surface area contributed by atoms with Gasteiger partial charge in [0.15, 0.2) is 0 Å². The van der Waals surface area contributed by atoms with Crippen LogP contribution in [0.15, 0.2) is 18.2 Å². The smallest absolute Gasteiger partial charge is 0.150 e. The molecule has 0 spiro atoms. The molecule has 0 aliphatic carbocycles. The second kappa shape index (κ2) is 3.83. The van der Waals surface area contributed by atoms with E-state index in [1.165, 1.54) is 15.0 Å². The van der Waals surface area contributed by atoms with Crippen molar-refractivity contribution in [1.29, 1.82) is 0 Å². The van der Waals surface area contributed by atoms with E-state index >= 15 is 0 Å². The number of thiophene rings is 1. The number of aryl methyl sites for hydroxylation is 1. The van der Waals surface area contributed by atoms with Crippen molar-refractivity contribution >= 4 is 43.6 Å². The van der Waals surface area contributed by atoms with Gasteiger partial charge in [0, 0.05) is 20.5 Å². The van der Waals surface area contributed by atoms with E-state index in [2.05, 4.69) is 22.0 Å². The molecule has 1 heterocycles. The van der Waals surface area contributed by atoms with Crippen LogP contribution in [0.5, 0.6) is 0 Å². The van der Waals surface area contributed by atoms with Crippen LogP contribution in [0, 0.1) is 6.92 Å². The zero-order chi connectivity index (χ0) is 10.1. The van der Waals surface area contributed by atoms with Crippen molar-refractivity contribution in [3.63, 3.8) is 0 Å². The number of carbonyl (C=O) groups is 1. The molecule has 0 aliphatic rings. The minimum atomic E-state index is 0.792. The maximum atomic E-state index is 10.7. The zero-order valence-electron chi connectivity index (χ0n) is 7.71. The van der Waals surface area contributed by atoms with Crippen molar-refractivity contribution in [3.8, 4) is 0 Å². The standard InChI is InChI=1S/C11H9BrOS/c1-7-9(6-13)3-2-8-4-10(5-12)14-11(7)8/h2-4,6H,5H2,1H3. The minimum Gasteiger partial charge on any atom is -0.298 e. The number of halogens is 1. The fourth-order valence-corrected chi connectivity index (χ4v) is 3.03. The number of alkyl halides is 1. The summed E-state index contributed by atoms with van der Waals surface area (Å²) in [6, 6.07) is 6.06. The van der Waals surface area contributed by atoms with Gasteiger partial charge in [0.05, 0.1) is 0 Å². The van der Waals surface area contributed by atoms with Gasteiger partial charge in [0.1, 0.15) is 6.29 Å². The van der Waals surface area contributed by atoms with Crippen molar-refractivity contribution in [2.45, 2.75) is 12.3 Å². The first-order valence-electron chi connectivity index (χ1n) is 4.29. The summed E-state index contributed by atoms with van der Waals surface area (Å²) in [5.74, 6) is 0. The Bertz CT molecular complexity index is 487. The Labute approximate surface area is 94.9 Å². The van der Waals surface area contributed by atoms with E-state index in [0.717, 1.165) is 22.7 Å². The van der Waals surface area contributed by atoms with Crippen molar-refractivity contribution in [2.75, 3.05) is 0 Å². The molecule has 0 bridgehead atoms. The number of rotatable bonds is 2. The quantitative estimate of drug-likeness (QED) is 0.596. The molecule has 1 aromatic carbocycles. The van der Waals surface area contributed by atoms with Gasteiger partial charge >= 0.3 is 0 Å². The summed E-state index contributed by atoms with van der Waals surface area (Å²) in [7, 11) is 0. The SMILES string of the molecule is Cc1c(C=O)ccc2cc(CBr)sc12. The predicted octanol–water partition coefficient (Wildman–Crippen LogP) is 3.92. The Morgan fingerprint density at radius 3 is 2.93 bits per heavy atom. The summed E-state index contributed by atoms with van der Waals surface area (Å²) in [6.07, 6.45) is 0.919. The Balaban J connectivity index is 2.74. The molecule has 0 atom stereocenters. The molecule has 1 aromatic heterocycles. The Morgan fingerprint density at radius 1 is 1.50 bits per heavy atom. The van der Waals surface area contributed by atoms with Crippen LogP contribution in [0.25, 0.3) is 10.1 Å². The van der Waals surface area contributed by atoms with E-state index in [4.69, 9.17) is 0 Å². The lowest BCUT2D eigenvalue weighted by Gasteiger charge is -1.98. The van der Waals surface area contributed by atoms with E-state index in [0.29, 0.717) is 0 Å². The highest BCUT2D eigenvalue weighted by Gasteiger charge is 2.06. The van der Waals surface area contributed by atoms with Gasteiger partial charge < -0.3 is 0 Å². The molecule has 0 saturated heterocycles. The Morgan fingerprint density at radius 2 is 2.29 bits per heavy atom. The lowest BCUT2D eigenvalue weighted by atomic mass is 10.1. The number of aldehydes is 1. The second-order valence-corrected chi connectivity index (χ2v) is 4.86. The molecule has 0 saturated carbocycles. The molecular weight excluding hydrogens is 260 g/mol. The third-order valence-corrected chi connectivity index (χ3v) is 4.53. The van der Waals surface area contributed by atoms with E-state index in [1.807, 2.05) is 19.1 Å². The zero-order valence-corrected chi connectivity index (χ0v) is 10.1. The maximum absolute atomic E-state index is 10.7. The summed E-state index contributed by atoms with van der Waals surface area (Å²) in [4.78, 5) is 12.0. The highest BCUT2D eigenvalue weighted by atomic mass is 79.9. The largest absolute Gasteiger partial charge is 0.298 e. The molecule has 0 amide bonds. The van der Waals surface area contributed by atoms with Crippen LogP contribution < -0.4 is 0 Å². The summed E-state index contributed by atoms with van der Waals surface area (Å²) < 4.78 is 1.23. The van der Waals surface area contributed by atoms with Crippen LogP contribution in [0.3, 0.4) is 0 Å². The molecule has 14 heavy (non-hydrogen) atoms. The number of benzene rings is 1. The van der Waals surface area contributed by atoms with E-state index < -0.39 is 0 Å². The van der Waals surface area contributed by atoms with Gasteiger partial charge in [-0.15, -0.1) is 11.3 Å². The lowest BCUT2D eigenvalue weighted by Crippen LogP contribution is -1.84. The number of carbonyl (C=O) groups excluding carboxylic acids is 1. The summed E-state index contributed by atoms with van der Waals surface area (Å²) in [5.41, 5.74) is 1.88. The molecule has 0 aliphatic heterocycles. The van der Waals surface area contributed by atoms with Gasteiger partial charge in [0.2, 0.25) is 0 Å². The third kappa shape index (κ3) is 1.51. The number of hydrogen-bond donors (Lipinski definition) is 0. The van der Waals surface area contributed by atoms with Crippen LogP contribution in [-0.2, 0) is 5.33 Å². The summed E-state index contributed by atoms with van der Waals surface area (Å²) >= 11 is 5.18. The number of hydrogen-bond acceptors (Lipinski definition) is 2. The molecule has 0 unspecified atom stereocenters. The van der Waals surface area contributed by atoms with Crippen molar-refractivity contribution in [3.05, 3.63) is 34.2 Å². The molecule has 0 fully saturated rings. The van der Waals surface area contributed by atoms with Crippen LogP contribution in [-0.4, -0.2) is 6.29 Å². The van der Waals surface area contributed by atoms with Crippen molar-refractivity contribution in [2.24, 2.45) is 0 Å². The second-order valence-electron chi connectivity index (χ2n) is 3.16. The van der Waals surface area contributed by atoms with E-state index in [9.17, 15) is 4.79 Å². The molecule has 72 valence electrons.